The number of ether oxygens (including phenoxy) is 1. The number of nitrogens with one attached hydrogen (secondary N) is 2. The molecule has 0 aliphatic carbocycles. The molecule has 21 heavy (non-hydrogen) atoms. The van der Waals surface area contributed by atoms with Crippen molar-refractivity contribution < 1.29 is 9.53 Å². The van der Waals surface area contributed by atoms with Crippen LogP contribution in [0.5, 0.6) is 5.75 Å². The number of aryl methyl sites for hydroxylation is 2. The number of carbonyl (C=O) groups excluding carboxylic acids is 1. The summed E-state index contributed by atoms with van der Waals surface area (Å²) >= 11 is 0. The normalized spacial score (nSPS) is 10.0. The van der Waals surface area contributed by atoms with E-state index in [2.05, 4.69) is 20.8 Å². The highest BCUT2D eigenvalue weighted by Crippen LogP contribution is 2.08. The molecule has 2 N–H and O–H groups in total. The molecular formula is C15H18N4O2. The molecule has 0 bridgehead atoms. The Kier molecular flexibility index (Phi) is 5.09. The van der Waals surface area contributed by atoms with E-state index in [-0.39, 0.29) is 12.3 Å². The Morgan fingerprint density at radius 2 is 1.81 bits per heavy atom. The van der Waals surface area contributed by atoms with Crippen LogP contribution in [-0.2, 0) is 4.79 Å². The van der Waals surface area contributed by atoms with Crippen LogP contribution in [0.25, 0.3) is 0 Å². The van der Waals surface area contributed by atoms with Crippen LogP contribution >= 0.6 is 0 Å². The van der Waals surface area contributed by atoms with Crippen LogP contribution < -0.4 is 15.6 Å². The zero-order valence-electron chi connectivity index (χ0n) is 12.1. The minimum atomic E-state index is -0.186. The molecule has 2 aromatic rings. The van der Waals surface area contributed by atoms with E-state index in [1.165, 1.54) is 0 Å². The summed E-state index contributed by atoms with van der Waals surface area (Å²) in [6, 6.07) is 11.2. The Hall–Kier alpha value is -2.63. The second-order valence-corrected chi connectivity index (χ2v) is 4.56. The van der Waals surface area contributed by atoms with Crippen molar-refractivity contribution in [1.29, 1.82) is 0 Å². The molecule has 110 valence electrons. The highest BCUT2D eigenvalue weighted by Gasteiger charge is 2.03. The zero-order valence-corrected chi connectivity index (χ0v) is 12.1. The first-order valence-electron chi connectivity index (χ1n) is 6.68. The van der Waals surface area contributed by atoms with Crippen molar-refractivity contribution in [2.75, 3.05) is 12.0 Å². The molecule has 0 saturated heterocycles. The van der Waals surface area contributed by atoms with Crippen LogP contribution in [0.1, 0.15) is 17.8 Å². The lowest BCUT2D eigenvalue weighted by molar-refractivity contribution is -0.121. The lowest BCUT2D eigenvalue weighted by Crippen LogP contribution is -2.31. The molecule has 0 atom stereocenters. The van der Waals surface area contributed by atoms with E-state index in [4.69, 9.17) is 4.74 Å². The molecular weight excluding hydrogens is 268 g/mol. The van der Waals surface area contributed by atoms with Crippen molar-refractivity contribution in [3.05, 3.63) is 47.8 Å². The van der Waals surface area contributed by atoms with Crippen molar-refractivity contribution in [2.24, 2.45) is 0 Å². The summed E-state index contributed by atoms with van der Waals surface area (Å²) < 4.78 is 5.45. The Balaban J connectivity index is 1.72. The van der Waals surface area contributed by atoms with E-state index in [9.17, 15) is 4.79 Å². The van der Waals surface area contributed by atoms with Crippen molar-refractivity contribution in [3.8, 4) is 5.75 Å². The van der Waals surface area contributed by atoms with Crippen LogP contribution in [0.2, 0.25) is 0 Å². The van der Waals surface area contributed by atoms with Crippen molar-refractivity contribution >= 4 is 11.9 Å². The third-order valence-electron chi connectivity index (χ3n) is 2.64. The number of aromatic nitrogens is 2. The number of nitrogens with zero attached hydrogens (tertiary/aromatic N) is 2. The van der Waals surface area contributed by atoms with E-state index in [1.807, 2.05) is 50.2 Å². The van der Waals surface area contributed by atoms with Gasteiger partial charge in [0.15, 0.2) is 0 Å². The molecule has 6 nitrogen and oxygen atoms in total. The summed E-state index contributed by atoms with van der Waals surface area (Å²) in [5.41, 5.74) is 6.92. The van der Waals surface area contributed by atoms with E-state index in [1.54, 1.807) is 0 Å². The standard InChI is InChI=1S/C15H18N4O2/c1-11-10-12(2)17-15(16-11)19-18-14(20)8-9-21-13-6-4-3-5-7-13/h3-7,10H,8-9H2,1-2H3,(H,18,20)(H,16,17,19). The fourth-order valence-electron chi connectivity index (χ4n) is 1.75. The van der Waals surface area contributed by atoms with Gasteiger partial charge < -0.3 is 4.74 Å². The van der Waals surface area contributed by atoms with Gasteiger partial charge in [-0.25, -0.2) is 9.97 Å². The predicted octanol–water partition coefficient (Wildman–Crippen LogP) is 2.01. The summed E-state index contributed by atoms with van der Waals surface area (Å²) in [6.07, 6.45) is 0.243. The van der Waals surface area contributed by atoms with E-state index >= 15 is 0 Å². The minimum Gasteiger partial charge on any atom is -0.493 e. The van der Waals surface area contributed by atoms with Gasteiger partial charge in [0.05, 0.1) is 13.0 Å². The Bertz CT molecular complexity index is 582. The third-order valence-corrected chi connectivity index (χ3v) is 2.64. The summed E-state index contributed by atoms with van der Waals surface area (Å²) in [5, 5.41) is 0. The van der Waals surface area contributed by atoms with Crippen molar-refractivity contribution in [2.45, 2.75) is 20.3 Å². The fourth-order valence-corrected chi connectivity index (χ4v) is 1.75. The van der Waals surface area contributed by atoms with Crippen LogP contribution in [0.4, 0.5) is 5.95 Å². The molecule has 0 radical (unpaired) electrons. The number of anilines is 1. The zero-order chi connectivity index (χ0) is 15.1. The molecule has 0 spiro atoms. The summed E-state index contributed by atoms with van der Waals surface area (Å²) in [7, 11) is 0. The van der Waals surface area contributed by atoms with Gasteiger partial charge in [-0.15, -0.1) is 0 Å². The Morgan fingerprint density at radius 1 is 1.14 bits per heavy atom. The lowest BCUT2D eigenvalue weighted by atomic mass is 10.3. The summed E-state index contributed by atoms with van der Waals surface area (Å²) in [6.45, 7) is 4.05. The fraction of sp³-hybridized carbons (Fsp3) is 0.267. The number of benzene rings is 1. The first-order valence-corrected chi connectivity index (χ1v) is 6.68. The van der Waals surface area contributed by atoms with Gasteiger partial charge in [0, 0.05) is 11.4 Å². The maximum absolute atomic E-state index is 11.7. The maximum atomic E-state index is 11.7. The maximum Gasteiger partial charge on any atom is 0.242 e. The van der Waals surface area contributed by atoms with Gasteiger partial charge in [0.2, 0.25) is 11.9 Å². The predicted molar refractivity (Wildman–Crippen MR) is 79.8 cm³/mol. The van der Waals surface area contributed by atoms with E-state index < -0.39 is 0 Å². The van der Waals surface area contributed by atoms with E-state index in [0.717, 1.165) is 17.1 Å². The number of rotatable bonds is 6. The molecule has 1 amide bonds. The van der Waals surface area contributed by atoms with Crippen LogP contribution in [0.15, 0.2) is 36.4 Å². The van der Waals surface area contributed by atoms with Gasteiger partial charge >= 0.3 is 0 Å². The average molecular weight is 286 g/mol. The molecule has 2 rings (SSSR count). The third kappa shape index (κ3) is 5.10. The van der Waals surface area contributed by atoms with Gasteiger partial charge in [0.25, 0.3) is 0 Å². The van der Waals surface area contributed by atoms with Gasteiger partial charge in [0.1, 0.15) is 5.75 Å². The SMILES string of the molecule is Cc1cc(C)nc(NNC(=O)CCOc2ccccc2)n1. The summed E-state index contributed by atoms with van der Waals surface area (Å²) in [4.78, 5) is 20.0. The number of hydrogen-bond acceptors (Lipinski definition) is 5. The van der Waals surface area contributed by atoms with E-state index in [0.29, 0.717) is 12.6 Å². The first kappa shape index (κ1) is 14.8. The average Bonchev–Trinajstić information content (AvgIpc) is 2.45. The summed E-state index contributed by atoms with van der Waals surface area (Å²) in [5.74, 6) is 0.939. The molecule has 0 aliphatic heterocycles. The molecule has 0 fully saturated rings. The lowest BCUT2D eigenvalue weighted by Gasteiger charge is -2.09. The molecule has 1 aromatic carbocycles. The van der Waals surface area contributed by atoms with Crippen molar-refractivity contribution in [1.82, 2.24) is 15.4 Å². The van der Waals surface area contributed by atoms with Gasteiger partial charge in [-0.2, -0.15) is 0 Å². The largest absolute Gasteiger partial charge is 0.493 e. The molecule has 1 aromatic heterocycles. The van der Waals surface area contributed by atoms with Gasteiger partial charge in [-0.05, 0) is 32.0 Å². The topological polar surface area (TPSA) is 76.1 Å². The number of amides is 1. The monoisotopic (exact) mass is 286 g/mol. The molecule has 6 heteroatoms. The molecule has 1 heterocycles. The van der Waals surface area contributed by atoms with Gasteiger partial charge in [-0.1, -0.05) is 18.2 Å². The Morgan fingerprint density at radius 3 is 2.48 bits per heavy atom. The highest BCUT2D eigenvalue weighted by atomic mass is 16.5. The van der Waals surface area contributed by atoms with Gasteiger partial charge in [-0.3, -0.25) is 15.6 Å². The smallest absolute Gasteiger partial charge is 0.242 e. The first-order chi connectivity index (χ1) is 10.1. The molecule has 0 aliphatic rings. The number of carbonyl (C=O) groups is 1. The van der Waals surface area contributed by atoms with Crippen LogP contribution in [0.3, 0.4) is 0 Å². The second-order valence-electron chi connectivity index (χ2n) is 4.56. The quantitative estimate of drug-likeness (QED) is 0.794. The van der Waals surface area contributed by atoms with Crippen LogP contribution in [-0.4, -0.2) is 22.5 Å². The number of hydrazine groups is 1. The highest BCUT2D eigenvalue weighted by molar-refractivity contribution is 5.77. The number of hydrogen-bond donors (Lipinski definition) is 2. The van der Waals surface area contributed by atoms with Crippen molar-refractivity contribution in [3.63, 3.8) is 0 Å². The molecule has 0 saturated carbocycles. The minimum absolute atomic E-state index is 0.186. The Labute approximate surface area is 123 Å². The molecule has 0 unspecified atom stereocenters. The number of para-hydroxylation sites is 1. The van der Waals surface area contributed by atoms with Crippen LogP contribution in [0, 0.1) is 13.8 Å². The second kappa shape index (κ2) is 7.23.